The van der Waals surface area contributed by atoms with Crippen molar-refractivity contribution < 1.29 is 14.3 Å². The summed E-state index contributed by atoms with van der Waals surface area (Å²) in [4.78, 5) is 34.7. The molecular weight excluding hydrogens is 248 g/mol. The van der Waals surface area contributed by atoms with Crippen LogP contribution in [0, 0.1) is 0 Å². The van der Waals surface area contributed by atoms with E-state index >= 15 is 0 Å². The Bertz CT molecular complexity index is 520. The minimum atomic E-state index is -0.508. The van der Waals surface area contributed by atoms with E-state index in [4.69, 9.17) is 4.74 Å². The van der Waals surface area contributed by atoms with Crippen molar-refractivity contribution in [3.05, 3.63) is 34.2 Å². The van der Waals surface area contributed by atoms with E-state index in [1.54, 1.807) is 6.92 Å². The van der Waals surface area contributed by atoms with Gasteiger partial charge in [0.25, 0.3) is 11.5 Å². The minimum Gasteiger partial charge on any atom is -0.465 e. The Balaban J connectivity index is 2.91. The molecular formula is C13H18N2O4. The maximum Gasteiger partial charge on any atom is 0.326 e. The van der Waals surface area contributed by atoms with E-state index in [1.165, 1.54) is 18.3 Å². The van der Waals surface area contributed by atoms with Gasteiger partial charge in [-0.25, -0.2) is 0 Å². The number of nitrogens with one attached hydrogen (secondary N) is 1. The molecule has 0 spiro atoms. The third kappa shape index (κ3) is 4.57. The predicted octanol–water partition coefficient (Wildman–Crippen LogP) is 0.550. The Morgan fingerprint density at radius 1 is 1.37 bits per heavy atom. The number of hydrogen-bond acceptors (Lipinski definition) is 4. The van der Waals surface area contributed by atoms with E-state index in [0.29, 0.717) is 5.56 Å². The first kappa shape index (κ1) is 14.9. The molecule has 0 unspecified atom stereocenters. The lowest BCUT2D eigenvalue weighted by Gasteiger charge is -2.10. The fourth-order valence-electron chi connectivity index (χ4n) is 1.48. The van der Waals surface area contributed by atoms with Gasteiger partial charge >= 0.3 is 5.97 Å². The predicted molar refractivity (Wildman–Crippen MR) is 69.9 cm³/mol. The van der Waals surface area contributed by atoms with Gasteiger partial charge in [0.05, 0.1) is 12.2 Å². The van der Waals surface area contributed by atoms with E-state index < -0.39 is 5.97 Å². The highest BCUT2D eigenvalue weighted by Gasteiger charge is 2.10. The third-order valence-electron chi connectivity index (χ3n) is 2.27. The lowest BCUT2D eigenvalue weighted by atomic mass is 10.2. The second-order valence-electron chi connectivity index (χ2n) is 4.32. The van der Waals surface area contributed by atoms with Gasteiger partial charge in [0.1, 0.15) is 6.54 Å². The molecule has 1 rings (SSSR count). The lowest BCUT2D eigenvalue weighted by Crippen LogP contribution is -2.32. The third-order valence-corrected chi connectivity index (χ3v) is 2.27. The fourth-order valence-corrected chi connectivity index (χ4v) is 1.48. The number of nitrogens with zero attached hydrogens (tertiary/aromatic N) is 1. The highest BCUT2D eigenvalue weighted by molar-refractivity contribution is 5.94. The average Bonchev–Trinajstić information content (AvgIpc) is 2.31. The molecule has 0 saturated heterocycles. The Morgan fingerprint density at radius 3 is 2.63 bits per heavy atom. The van der Waals surface area contributed by atoms with Gasteiger partial charge in [-0.05, 0) is 26.8 Å². The first-order chi connectivity index (χ1) is 8.93. The number of aromatic nitrogens is 1. The highest BCUT2D eigenvalue weighted by Crippen LogP contribution is 1.98. The van der Waals surface area contributed by atoms with Gasteiger partial charge in [-0.15, -0.1) is 0 Å². The minimum absolute atomic E-state index is 0.00191. The van der Waals surface area contributed by atoms with E-state index in [0.717, 1.165) is 4.57 Å². The van der Waals surface area contributed by atoms with Crippen LogP contribution in [-0.4, -0.2) is 29.1 Å². The van der Waals surface area contributed by atoms with E-state index in [1.807, 2.05) is 13.8 Å². The maximum atomic E-state index is 11.8. The molecule has 0 aliphatic heterocycles. The summed E-state index contributed by atoms with van der Waals surface area (Å²) in [6, 6.07) is 2.69. The molecule has 6 heteroatoms. The lowest BCUT2D eigenvalue weighted by molar-refractivity contribution is -0.143. The summed E-state index contributed by atoms with van der Waals surface area (Å²) in [5.74, 6) is -0.793. The number of pyridine rings is 1. The number of esters is 1. The summed E-state index contributed by atoms with van der Waals surface area (Å²) in [5.41, 5.74) is -0.0215. The number of carbonyl (C=O) groups excluding carboxylic acids is 2. The Morgan fingerprint density at radius 2 is 2.05 bits per heavy atom. The molecule has 6 nitrogen and oxygen atoms in total. The van der Waals surface area contributed by atoms with Crippen LogP contribution >= 0.6 is 0 Å². The van der Waals surface area contributed by atoms with Crippen LogP contribution in [0.15, 0.2) is 23.1 Å². The van der Waals surface area contributed by atoms with Gasteiger partial charge in [-0.1, -0.05) is 0 Å². The zero-order chi connectivity index (χ0) is 14.4. The van der Waals surface area contributed by atoms with E-state index in [2.05, 4.69) is 5.32 Å². The molecule has 1 aromatic rings. The van der Waals surface area contributed by atoms with Crippen LogP contribution in [0.2, 0.25) is 0 Å². The molecule has 0 aliphatic rings. The summed E-state index contributed by atoms with van der Waals surface area (Å²) in [7, 11) is 0. The first-order valence-corrected chi connectivity index (χ1v) is 6.11. The first-order valence-electron chi connectivity index (χ1n) is 6.11. The van der Waals surface area contributed by atoms with Crippen molar-refractivity contribution in [1.29, 1.82) is 0 Å². The average molecular weight is 266 g/mol. The van der Waals surface area contributed by atoms with E-state index in [-0.39, 0.29) is 30.7 Å². The van der Waals surface area contributed by atoms with Crippen LogP contribution in [0.4, 0.5) is 0 Å². The molecule has 104 valence electrons. The van der Waals surface area contributed by atoms with Crippen molar-refractivity contribution in [3.63, 3.8) is 0 Å². The van der Waals surface area contributed by atoms with Crippen molar-refractivity contribution in [2.24, 2.45) is 0 Å². The zero-order valence-corrected chi connectivity index (χ0v) is 11.3. The van der Waals surface area contributed by atoms with Crippen LogP contribution in [-0.2, 0) is 16.1 Å². The van der Waals surface area contributed by atoms with Crippen molar-refractivity contribution >= 4 is 11.9 Å². The van der Waals surface area contributed by atoms with Crippen LogP contribution in [0.1, 0.15) is 31.1 Å². The summed E-state index contributed by atoms with van der Waals surface area (Å²) < 4.78 is 5.93. The monoisotopic (exact) mass is 266 g/mol. The second kappa shape index (κ2) is 6.72. The molecule has 0 fully saturated rings. The highest BCUT2D eigenvalue weighted by atomic mass is 16.5. The number of carbonyl (C=O) groups is 2. The number of rotatable bonds is 5. The Labute approximate surface area is 111 Å². The summed E-state index contributed by atoms with van der Waals surface area (Å²) in [6.45, 7) is 5.42. The second-order valence-corrected chi connectivity index (χ2v) is 4.32. The fraction of sp³-hybridized carbons (Fsp3) is 0.462. The normalized spacial score (nSPS) is 10.3. The maximum absolute atomic E-state index is 11.8. The van der Waals surface area contributed by atoms with Gasteiger partial charge in [0, 0.05) is 18.3 Å². The molecule has 0 radical (unpaired) electrons. The topological polar surface area (TPSA) is 77.4 Å². The molecule has 1 heterocycles. The van der Waals surface area contributed by atoms with Gasteiger partial charge in [-0.3, -0.25) is 14.4 Å². The van der Waals surface area contributed by atoms with Crippen LogP contribution in [0.25, 0.3) is 0 Å². The summed E-state index contributed by atoms with van der Waals surface area (Å²) in [6.07, 6.45) is 1.36. The SMILES string of the molecule is CCOC(=O)Cn1cc(C(=O)NC(C)C)ccc1=O. The van der Waals surface area contributed by atoms with Gasteiger partial charge < -0.3 is 14.6 Å². The Kier molecular flexibility index (Phi) is 5.29. The Hall–Kier alpha value is -2.11. The molecule has 0 atom stereocenters. The van der Waals surface area contributed by atoms with Crippen LogP contribution in [0.3, 0.4) is 0 Å². The molecule has 0 bridgehead atoms. The van der Waals surface area contributed by atoms with Gasteiger partial charge in [-0.2, -0.15) is 0 Å². The van der Waals surface area contributed by atoms with Crippen LogP contribution < -0.4 is 10.9 Å². The number of ether oxygens (including phenoxy) is 1. The molecule has 1 N–H and O–H groups in total. The number of amides is 1. The van der Waals surface area contributed by atoms with Crippen molar-refractivity contribution in [3.8, 4) is 0 Å². The van der Waals surface area contributed by atoms with Crippen molar-refractivity contribution in [2.75, 3.05) is 6.61 Å². The van der Waals surface area contributed by atoms with Gasteiger partial charge in [0.15, 0.2) is 0 Å². The quantitative estimate of drug-likeness (QED) is 0.789. The van der Waals surface area contributed by atoms with Crippen molar-refractivity contribution in [2.45, 2.75) is 33.4 Å². The molecule has 0 saturated carbocycles. The molecule has 1 aromatic heterocycles. The summed E-state index contributed by atoms with van der Waals surface area (Å²) >= 11 is 0. The van der Waals surface area contributed by atoms with Crippen LogP contribution in [0.5, 0.6) is 0 Å². The standard InChI is InChI=1S/C13H18N2O4/c1-4-19-12(17)8-15-7-10(5-6-11(15)16)13(18)14-9(2)3/h5-7,9H,4,8H2,1-3H3,(H,14,18). The molecule has 19 heavy (non-hydrogen) atoms. The number of hydrogen-bond donors (Lipinski definition) is 1. The van der Waals surface area contributed by atoms with E-state index in [9.17, 15) is 14.4 Å². The van der Waals surface area contributed by atoms with Gasteiger partial charge in [0.2, 0.25) is 0 Å². The van der Waals surface area contributed by atoms with Crippen molar-refractivity contribution in [1.82, 2.24) is 9.88 Å². The molecule has 0 aromatic carbocycles. The summed E-state index contributed by atoms with van der Waals surface area (Å²) in [5, 5.41) is 2.71. The molecule has 0 aliphatic carbocycles. The largest absolute Gasteiger partial charge is 0.465 e. The smallest absolute Gasteiger partial charge is 0.326 e. The zero-order valence-electron chi connectivity index (χ0n) is 11.3. The molecule has 1 amide bonds.